The molecule has 0 unspecified atom stereocenters. The quantitative estimate of drug-likeness (QED) is 0.783. The van der Waals surface area contributed by atoms with Crippen LogP contribution in [0.2, 0.25) is 5.02 Å². The van der Waals surface area contributed by atoms with Gasteiger partial charge in [0.25, 0.3) is 0 Å². The van der Waals surface area contributed by atoms with Crippen LogP contribution in [0.1, 0.15) is 0 Å². The predicted octanol–water partition coefficient (Wildman–Crippen LogP) is 1.77. The summed E-state index contributed by atoms with van der Waals surface area (Å²) < 4.78 is 17.7. The van der Waals surface area contributed by atoms with Crippen LogP contribution in [0.15, 0.2) is 12.1 Å². The van der Waals surface area contributed by atoms with Crippen molar-refractivity contribution in [2.45, 2.75) is 0 Å². The minimum Gasteiger partial charge on any atom is -0.506 e. The number of carbonyl (C=O) groups excluding carboxylic acids is 1. The predicted molar refractivity (Wildman–Crippen MR) is 53.6 cm³/mol. The van der Waals surface area contributed by atoms with E-state index in [-0.39, 0.29) is 23.1 Å². The fraction of sp³-hybridized carbons (Fsp3) is 0.222. The lowest BCUT2D eigenvalue weighted by Crippen LogP contribution is -2.17. The molecule has 2 N–H and O–H groups in total. The summed E-state index contributed by atoms with van der Waals surface area (Å²) in [6, 6.07) is 1.95. The van der Waals surface area contributed by atoms with Gasteiger partial charge in [-0.2, -0.15) is 0 Å². The normalized spacial score (nSPS) is 10.1. The summed E-state index contributed by atoms with van der Waals surface area (Å²) in [5.74, 6) is -1.64. The van der Waals surface area contributed by atoms with E-state index >= 15 is 0 Å². The molecule has 0 aliphatic heterocycles. The Balaban J connectivity index is 2.86. The zero-order chi connectivity index (χ0) is 11.4. The first-order valence-corrected chi connectivity index (χ1v) is 4.39. The van der Waals surface area contributed by atoms with Crippen LogP contribution >= 0.6 is 11.6 Å². The lowest BCUT2D eigenvalue weighted by molar-refractivity contribution is -0.119. The van der Waals surface area contributed by atoms with Gasteiger partial charge in [-0.25, -0.2) is 4.39 Å². The highest BCUT2D eigenvalue weighted by Gasteiger charge is 2.10. The lowest BCUT2D eigenvalue weighted by Gasteiger charge is -2.07. The molecule has 0 radical (unpaired) electrons. The zero-order valence-corrected chi connectivity index (χ0v) is 8.64. The van der Waals surface area contributed by atoms with Crippen LogP contribution in [0.3, 0.4) is 0 Å². The second-order valence-electron chi connectivity index (χ2n) is 2.76. The summed E-state index contributed by atoms with van der Waals surface area (Å²) >= 11 is 5.55. The number of methoxy groups -OCH3 is 1. The molecule has 1 amide bonds. The first-order chi connectivity index (χ1) is 7.04. The lowest BCUT2D eigenvalue weighted by atomic mass is 10.3. The molecule has 0 fully saturated rings. The van der Waals surface area contributed by atoms with E-state index in [4.69, 9.17) is 16.7 Å². The maximum absolute atomic E-state index is 13.2. The smallest absolute Gasteiger partial charge is 0.250 e. The van der Waals surface area contributed by atoms with E-state index < -0.39 is 11.7 Å². The van der Waals surface area contributed by atoms with E-state index in [1.54, 1.807) is 0 Å². The summed E-state index contributed by atoms with van der Waals surface area (Å²) in [7, 11) is 1.35. The third-order valence-electron chi connectivity index (χ3n) is 1.59. The summed E-state index contributed by atoms with van der Waals surface area (Å²) in [5.41, 5.74) is -0.0974. The molecule has 0 spiro atoms. The number of anilines is 1. The van der Waals surface area contributed by atoms with E-state index in [0.29, 0.717) is 0 Å². The Hall–Kier alpha value is -1.33. The Bertz CT molecular complexity index is 384. The highest BCUT2D eigenvalue weighted by molar-refractivity contribution is 6.32. The van der Waals surface area contributed by atoms with E-state index in [9.17, 15) is 9.18 Å². The van der Waals surface area contributed by atoms with Crippen molar-refractivity contribution < 1.29 is 19.0 Å². The summed E-state index contributed by atoms with van der Waals surface area (Å²) in [6.45, 7) is -0.183. The van der Waals surface area contributed by atoms with Crippen LogP contribution in [-0.2, 0) is 9.53 Å². The molecule has 15 heavy (non-hydrogen) atoms. The van der Waals surface area contributed by atoms with Crippen molar-refractivity contribution in [3.8, 4) is 5.75 Å². The molecule has 0 bridgehead atoms. The number of hydrogen-bond acceptors (Lipinski definition) is 3. The first-order valence-electron chi connectivity index (χ1n) is 4.01. The van der Waals surface area contributed by atoms with Crippen molar-refractivity contribution in [3.63, 3.8) is 0 Å². The third kappa shape index (κ3) is 3.07. The van der Waals surface area contributed by atoms with Crippen molar-refractivity contribution in [3.05, 3.63) is 23.0 Å². The molecule has 0 aromatic heterocycles. The van der Waals surface area contributed by atoms with Crippen LogP contribution in [0.5, 0.6) is 5.75 Å². The van der Waals surface area contributed by atoms with Gasteiger partial charge in [0, 0.05) is 13.2 Å². The van der Waals surface area contributed by atoms with Gasteiger partial charge in [-0.1, -0.05) is 11.6 Å². The second-order valence-corrected chi connectivity index (χ2v) is 3.17. The number of phenolic OH excluding ortho intramolecular Hbond substituents is 1. The van der Waals surface area contributed by atoms with Gasteiger partial charge in [0.1, 0.15) is 18.2 Å². The van der Waals surface area contributed by atoms with Gasteiger partial charge >= 0.3 is 0 Å². The maximum atomic E-state index is 13.2. The van der Waals surface area contributed by atoms with Gasteiger partial charge in [-0.05, 0) is 6.07 Å². The Morgan fingerprint density at radius 2 is 2.33 bits per heavy atom. The van der Waals surface area contributed by atoms with Crippen LogP contribution in [0.25, 0.3) is 0 Å². The van der Waals surface area contributed by atoms with E-state index in [1.165, 1.54) is 7.11 Å². The van der Waals surface area contributed by atoms with E-state index in [1.807, 2.05) is 0 Å². The van der Waals surface area contributed by atoms with Gasteiger partial charge in [0.05, 0.1) is 10.7 Å². The molecule has 82 valence electrons. The topological polar surface area (TPSA) is 58.6 Å². The van der Waals surface area contributed by atoms with Gasteiger partial charge in [0.2, 0.25) is 5.91 Å². The minimum atomic E-state index is -0.763. The number of benzene rings is 1. The monoisotopic (exact) mass is 233 g/mol. The van der Waals surface area contributed by atoms with E-state index in [0.717, 1.165) is 12.1 Å². The Morgan fingerprint density at radius 3 is 2.93 bits per heavy atom. The SMILES string of the molecule is COCC(=O)Nc1cc(Cl)c(O)cc1F. The average molecular weight is 234 g/mol. The fourth-order valence-electron chi connectivity index (χ4n) is 0.950. The molecule has 0 aliphatic rings. The van der Waals surface area contributed by atoms with Crippen molar-refractivity contribution in [1.29, 1.82) is 0 Å². The second kappa shape index (κ2) is 4.95. The average Bonchev–Trinajstić information content (AvgIpc) is 2.14. The molecule has 6 heteroatoms. The van der Waals surface area contributed by atoms with Crippen molar-refractivity contribution in [2.24, 2.45) is 0 Å². The summed E-state index contributed by atoms with van der Waals surface area (Å²) in [6.07, 6.45) is 0. The molecule has 0 heterocycles. The van der Waals surface area contributed by atoms with Gasteiger partial charge in [-0.15, -0.1) is 0 Å². The van der Waals surface area contributed by atoms with Crippen LogP contribution < -0.4 is 5.32 Å². The Morgan fingerprint density at radius 1 is 1.67 bits per heavy atom. The number of phenols is 1. The number of carbonyl (C=O) groups is 1. The summed E-state index contributed by atoms with van der Waals surface area (Å²) in [4.78, 5) is 11.1. The maximum Gasteiger partial charge on any atom is 0.250 e. The highest BCUT2D eigenvalue weighted by Crippen LogP contribution is 2.28. The Kier molecular flexibility index (Phi) is 3.88. The van der Waals surface area contributed by atoms with Crippen LogP contribution in [0.4, 0.5) is 10.1 Å². The molecular weight excluding hydrogens is 225 g/mol. The third-order valence-corrected chi connectivity index (χ3v) is 1.89. The molecule has 1 aromatic carbocycles. The number of hydrogen-bond donors (Lipinski definition) is 2. The molecule has 4 nitrogen and oxygen atoms in total. The molecule has 0 aliphatic carbocycles. The number of halogens is 2. The fourth-order valence-corrected chi connectivity index (χ4v) is 1.11. The number of aromatic hydroxyl groups is 1. The van der Waals surface area contributed by atoms with Crippen LogP contribution in [-0.4, -0.2) is 24.7 Å². The van der Waals surface area contributed by atoms with Crippen LogP contribution in [0, 0.1) is 5.82 Å². The number of amides is 1. The highest BCUT2D eigenvalue weighted by atomic mass is 35.5. The summed E-state index contributed by atoms with van der Waals surface area (Å²) in [5, 5.41) is 11.3. The zero-order valence-electron chi connectivity index (χ0n) is 7.88. The standard InChI is InChI=1S/C9H9ClFNO3/c1-15-4-9(14)12-7-2-5(10)8(13)3-6(7)11/h2-3,13H,4H2,1H3,(H,12,14). The Labute approximate surface area is 90.6 Å². The minimum absolute atomic E-state index is 0.0379. The van der Waals surface area contributed by atoms with Gasteiger partial charge in [0.15, 0.2) is 0 Å². The van der Waals surface area contributed by atoms with Crippen molar-refractivity contribution in [2.75, 3.05) is 19.0 Å². The molecule has 0 saturated carbocycles. The first kappa shape index (κ1) is 11.7. The van der Waals surface area contributed by atoms with Crippen molar-refractivity contribution >= 4 is 23.2 Å². The van der Waals surface area contributed by atoms with Crippen molar-refractivity contribution in [1.82, 2.24) is 0 Å². The molecular formula is C9H9ClFNO3. The molecule has 1 aromatic rings. The molecule has 0 atom stereocenters. The molecule has 0 saturated heterocycles. The number of ether oxygens (including phenoxy) is 1. The molecule has 1 rings (SSSR count). The van der Waals surface area contributed by atoms with E-state index in [2.05, 4.69) is 10.1 Å². The van der Waals surface area contributed by atoms with Gasteiger partial charge in [-0.3, -0.25) is 4.79 Å². The number of nitrogens with one attached hydrogen (secondary N) is 1. The number of rotatable bonds is 3. The largest absolute Gasteiger partial charge is 0.506 e. The van der Waals surface area contributed by atoms with Gasteiger partial charge < -0.3 is 15.2 Å².